The SMILES string of the molecule is C/C=C/C(C)(C)C[C@H]1[C@H](C(=O)O)[C@@H](c2ccc3c(c2)OCO3)CN1CC(=O)N(c1ccc(F)c(C)c1)C(CCC)CCC. The van der Waals surface area contributed by atoms with E-state index in [1.807, 2.05) is 36.1 Å². The summed E-state index contributed by atoms with van der Waals surface area (Å²) in [5.74, 6) is -1.07. The summed E-state index contributed by atoms with van der Waals surface area (Å²) in [6, 6.07) is 10.1. The second kappa shape index (κ2) is 13.9. The summed E-state index contributed by atoms with van der Waals surface area (Å²) in [6.45, 7) is 12.7. The Balaban J connectivity index is 1.73. The highest BCUT2D eigenvalue weighted by Crippen LogP contribution is 2.45. The first-order valence-electron chi connectivity index (χ1n) is 15.6. The van der Waals surface area contributed by atoms with Crippen molar-refractivity contribution in [2.24, 2.45) is 11.3 Å². The fourth-order valence-corrected chi connectivity index (χ4v) is 6.94. The van der Waals surface area contributed by atoms with Crippen molar-refractivity contribution >= 4 is 17.6 Å². The Kier molecular flexibility index (Phi) is 10.5. The summed E-state index contributed by atoms with van der Waals surface area (Å²) >= 11 is 0. The lowest BCUT2D eigenvalue weighted by molar-refractivity contribution is -0.143. The number of aliphatic carboxylic acids is 1. The molecule has 1 N–H and O–H groups in total. The fourth-order valence-electron chi connectivity index (χ4n) is 6.94. The number of hydrogen-bond donors (Lipinski definition) is 1. The van der Waals surface area contributed by atoms with Crippen LogP contribution in [-0.4, -0.2) is 53.8 Å². The van der Waals surface area contributed by atoms with Crippen LogP contribution in [0, 0.1) is 24.1 Å². The van der Waals surface area contributed by atoms with Crippen molar-refractivity contribution in [3.8, 4) is 11.5 Å². The number of rotatable bonds is 13. The van der Waals surface area contributed by atoms with Gasteiger partial charge in [-0.2, -0.15) is 0 Å². The zero-order valence-electron chi connectivity index (χ0n) is 26.4. The maximum atomic E-state index is 14.4. The van der Waals surface area contributed by atoms with Gasteiger partial charge in [-0.1, -0.05) is 58.8 Å². The molecular weight excluding hydrogens is 547 g/mol. The number of hydrogen-bond acceptors (Lipinski definition) is 5. The molecule has 2 aromatic rings. The predicted octanol–water partition coefficient (Wildman–Crippen LogP) is 7.33. The van der Waals surface area contributed by atoms with Crippen LogP contribution in [-0.2, 0) is 9.59 Å². The molecule has 0 aromatic heterocycles. The minimum atomic E-state index is -0.875. The molecule has 1 saturated heterocycles. The Morgan fingerprint density at radius 3 is 2.44 bits per heavy atom. The Morgan fingerprint density at radius 1 is 1.12 bits per heavy atom. The van der Waals surface area contributed by atoms with E-state index >= 15 is 0 Å². The van der Waals surface area contributed by atoms with E-state index in [-0.39, 0.29) is 48.5 Å². The van der Waals surface area contributed by atoms with Crippen LogP contribution in [0.4, 0.5) is 10.1 Å². The van der Waals surface area contributed by atoms with Crippen molar-refractivity contribution in [2.45, 2.75) is 91.6 Å². The van der Waals surface area contributed by atoms with E-state index in [1.165, 1.54) is 6.07 Å². The van der Waals surface area contributed by atoms with Gasteiger partial charge in [0.05, 0.1) is 12.5 Å². The quantitative estimate of drug-likeness (QED) is 0.245. The maximum absolute atomic E-state index is 14.4. The van der Waals surface area contributed by atoms with Gasteiger partial charge in [0.15, 0.2) is 11.5 Å². The lowest BCUT2D eigenvalue weighted by Crippen LogP contribution is -2.48. The normalized spacial score (nSPS) is 20.3. The van der Waals surface area contributed by atoms with E-state index in [0.29, 0.717) is 35.7 Å². The van der Waals surface area contributed by atoms with Crippen molar-refractivity contribution in [3.63, 3.8) is 0 Å². The highest BCUT2D eigenvalue weighted by Gasteiger charge is 2.49. The molecule has 0 saturated carbocycles. The zero-order valence-corrected chi connectivity index (χ0v) is 26.4. The van der Waals surface area contributed by atoms with Gasteiger partial charge in [0, 0.05) is 30.2 Å². The largest absolute Gasteiger partial charge is 0.481 e. The number of benzene rings is 2. The molecule has 4 rings (SSSR count). The molecule has 234 valence electrons. The third-order valence-electron chi connectivity index (χ3n) is 8.85. The maximum Gasteiger partial charge on any atom is 0.308 e. The number of ether oxygens (including phenoxy) is 2. The molecule has 2 aromatic carbocycles. The number of carboxylic acids is 1. The Bertz CT molecular complexity index is 1320. The number of halogens is 1. The lowest BCUT2D eigenvalue weighted by Gasteiger charge is -2.36. The number of carboxylic acid groups (broad SMARTS) is 1. The average Bonchev–Trinajstić information content (AvgIpc) is 3.55. The van der Waals surface area contributed by atoms with Gasteiger partial charge in [0.1, 0.15) is 5.82 Å². The highest BCUT2D eigenvalue weighted by atomic mass is 19.1. The van der Waals surface area contributed by atoms with Gasteiger partial charge in [-0.15, -0.1) is 0 Å². The van der Waals surface area contributed by atoms with E-state index in [0.717, 1.165) is 31.2 Å². The van der Waals surface area contributed by atoms with Crippen LogP contribution in [0.3, 0.4) is 0 Å². The monoisotopic (exact) mass is 594 g/mol. The van der Waals surface area contributed by atoms with Crippen LogP contribution in [0.1, 0.15) is 83.8 Å². The topological polar surface area (TPSA) is 79.3 Å². The first-order valence-corrected chi connectivity index (χ1v) is 15.6. The second-order valence-corrected chi connectivity index (χ2v) is 12.7. The van der Waals surface area contributed by atoms with Crippen LogP contribution in [0.25, 0.3) is 0 Å². The van der Waals surface area contributed by atoms with Crippen molar-refractivity contribution in [1.82, 2.24) is 4.90 Å². The minimum Gasteiger partial charge on any atom is -0.481 e. The molecule has 0 radical (unpaired) electrons. The number of amides is 1. The summed E-state index contributed by atoms with van der Waals surface area (Å²) in [4.78, 5) is 31.3. The first-order chi connectivity index (χ1) is 20.5. The molecular formula is C35H47FN2O5. The van der Waals surface area contributed by atoms with E-state index in [9.17, 15) is 19.1 Å². The van der Waals surface area contributed by atoms with Gasteiger partial charge in [0.2, 0.25) is 12.7 Å². The number of carbonyl (C=O) groups is 2. The van der Waals surface area contributed by atoms with Crippen LogP contribution in [0.2, 0.25) is 0 Å². The molecule has 2 aliphatic heterocycles. The smallest absolute Gasteiger partial charge is 0.308 e. The number of anilines is 1. The summed E-state index contributed by atoms with van der Waals surface area (Å²) in [6.07, 6.45) is 8.14. The van der Waals surface area contributed by atoms with E-state index in [1.54, 1.807) is 19.1 Å². The molecule has 2 aliphatic rings. The van der Waals surface area contributed by atoms with Gasteiger partial charge in [-0.25, -0.2) is 4.39 Å². The molecule has 0 bridgehead atoms. The van der Waals surface area contributed by atoms with E-state index < -0.39 is 11.9 Å². The Morgan fingerprint density at radius 2 is 1.81 bits per heavy atom. The van der Waals surface area contributed by atoms with Gasteiger partial charge in [0.25, 0.3) is 0 Å². The number of aryl methyl sites for hydroxylation is 1. The second-order valence-electron chi connectivity index (χ2n) is 12.7. The van der Waals surface area contributed by atoms with Crippen molar-refractivity contribution < 1.29 is 28.6 Å². The van der Waals surface area contributed by atoms with Crippen LogP contribution in [0.15, 0.2) is 48.6 Å². The minimum absolute atomic E-state index is 0.0344. The van der Waals surface area contributed by atoms with Crippen LogP contribution >= 0.6 is 0 Å². The summed E-state index contributed by atoms with van der Waals surface area (Å²) in [5.41, 5.74) is 1.76. The van der Waals surface area contributed by atoms with Gasteiger partial charge in [-0.05, 0) is 80.0 Å². The van der Waals surface area contributed by atoms with Crippen molar-refractivity contribution in [2.75, 3.05) is 24.8 Å². The molecule has 1 amide bonds. The van der Waals surface area contributed by atoms with Crippen LogP contribution in [0.5, 0.6) is 11.5 Å². The fraction of sp³-hybridized carbons (Fsp3) is 0.543. The summed E-state index contributed by atoms with van der Waals surface area (Å²) in [7, 11) is 0. The van der Waals surface area contributed by atoms with E-state index in [2.05, 4.69) is 38.7 Å². The first kappa shape index (κ1) is 32.5. The standard InChI is InChI=1S/C35H47FN2O5/c1-7-10-25(11-8-2)38(26-13-14-28(36)23(4)17-26)32(39)21-37-20-27(24-12-15-30-31(18-24)43-22-42-30)33(34(40)41)29(37)19-35(5,6)16-9-3/h9,12-18,25,27,29,33H,7-8,10-11,19-22H2,1-6H3,(H,40,41)/b16-9+/t27-,29+,33-/m1/s1. The summed E-state index contributed by atoms with van der Waals surface area (Å²) < 4.78 is 25.4. The van der Waals surface area contributed by atoms with E-state index in [4.69, 9.17) is 9.47 Å². The third-order valence-corrected chi connectivity index (χ3v) is 8.85. The molecule has 1 fully saturated rings. The van der Waals surface area contributed by atoms with Crippen molar-refractivity contribution in [3.05, 3.63) is 65.5 Å². The molecule has 2 heterocycles. The highest BCUT2D eigenvalue weighted by molar-refractivity contribution is 5.95. The number of allylic oxidation sites excluding steroid dienone is 2. The number of fused-ring (bicyclic) bond motifs is 1. The molecule has 0 unspecified atom stereocenters. The van der Waals surface area contributed by atoms with Gasteiger partial charge < -0.3 is 19.5 Å². The average molecular weight is 595 g/mol. The lowest BCUT2D eigenvalue weighted by atomic mass is 9.77. The summed E-state index contributed by atoms with van der Waals surface area (Å²) in [5, 5.41) is 10.6. The zero-order chi connectivity index (χ0) is 31.3. The van der Waals surface area contributed by atoms with Gasteiger partial charge >= 0.3 is 5.97 Å². The molecule has 43 heavy (non-hydrogen) atoms. The Hall–Kier alpha value is -3.39. The molecule has 7 nitrogen and oxygen atoms in total. The molecule has 3 atom stereocenters. The van der Waals surface area contributed by atoms with Crippen molar-refractivity contribution in [1.29, 1.82) is 0 Å². The number of likely N-dealkylation sites (tertiary alicyclic amines) is 1. The van der Waals surface area contributed by atoms with Gasteiger partial charge in [-0.3, -0.25) is 14.5 Å². The predicted molar refractivity (Wildman–Crippen MR) is 167 cm³/mol. The number of carbonyl (C=O) groups excluding carboxylic acids is 1. The molecule has 0 spiro atoms. The third kappa shape index (κ3) is 7.40. The number of nitrogens with zero attached hydrogens (tertiary/aromatic N) is 2. The molecule has 8 heteroatoms. The molecule has 0 aliphatic carbocycles. The van der Waals surface area contributed by atoms with Crippen LogP contribution < -0.4 is 14.4 Å². The Labute approximate surface area is 255 Å².